The van der Waals surface area contributed by atoms with Crippen molar-refractivity contribution in [3.63, 3.8) is 0 Å². The lowest BCUT2D eigenvalue weighted by Crippen LogP contribution is -2.10. The molecule has 0 spiro atoms. The Kier molecular flexibility index (Phi) is 5.32. The fraction of sp³-hybridized carbons (Fsp3) is 0.500. The van der Waals surface area contributed by atoms with Crippen molar-refractivity contribution in [3.8, 4) is 17.6 Å². The molecule has 1 aliphatic rings. The van der Waals surface area contributed by atoms with Crippen molar-refractivity contribution in [2.45, 2.75) is 25.4 Å². The molecule has 1 saturated heterocycles. The number of pyridine rings is 1. The normalized spacial score (nSPS) is 18.2. The summed E-state index contributed by atoms with van der Waals surface area (Å²) < 4.78 is 11.2. The minimum atomic E-state index is 0.324. The third-order valence-corrected chi connectivity index (χ3v) is 2.88. The van der Waals surface area contributed by atoms with E-state index >= 15 is 0 Å². The van der Waals surface area contributed by atoms with Crippen LogP contribution in [0.4, 0.5) is 0 Å². The van der Waals surface area contributed by atoms with Crippen molar-refractivity contribution < 1.29 is 9.47 Å². The van der Waals surface area contributed by atoms with Crippen molar-refractivity contribution in [2.24, 2.45) is 0 Å². The second-order valence-electron chi connectivity index (χ2n) is 4.12. The van der Waals surface area contributed by atoms with Gasteiger partial charge in [0.25, 0.3) is 0 Å². The van der Waals surface area contributed by atoms with Crippen molar-refractivity contribution in [1.29, 1.82) is 0 Å². The van der Waals surface area contributed by atoms with Crippen LogP contribution in [0.25, 0.3) is 0 Å². The molecule has 18 heavy (non-hydrogen) atoms. The standard InChI is InChI=1S/C14H16ClNO2/c15-6-1-3-12-9-14(11-16-10-12)18-8-5-13-4-2-7-17-13/h9-11,13H,2,4-8H2. The molecule has 1 aliphatic heterocycles. The van der Waals surface area contributed by atoms with Crippen molar-refractivity contribution in [3.05, 3.63) is 24.0 Å². The van der Waals surface area contributed by atoms with Crippen LogP contribution in [-0.4, -0.2) is 30.2 Å². The summed E-state index contributed by atoms with van der Waals surface area (Å²) in [6.07, 6.45) is 6.99. The first-order chi connectivity index (χ1) is 8.88. The first-order valence-corrected chi connectivity index (χ1v) is 6.66. The number of aromatic nitrogens is 1. The summed E-state index contributed by atoms with van der Waals surface area (Å²) >= 11 is 5.51. The average molecular weight is 266 g/mol. The summed E-state index contributed by atoms with van der Waals surface area (Å²) in [5.41, 5.74) is 0.824. The summed E-state index contributed by atoms with van der Waals surface area (Å²) in [5, 5.41) is 0. The highest BCUT2D eigenvalue weighted by Gasteiger charge is 2.14. The molecule has 0 bridgehead atoms. The predicted molar refractivity (Wildman–Crippen MR) is 70.9 cm³/mol. The molecule has 96 valence electrons. The molecule has 1 aromatic rings. The van der Waals surface area contributed by atoms with Crippen molar-refractivity contribution in [2.75, 3.05) is 19.1 Å². The van der Waals surface area contributed by atoms with Gasteiger partial charge in [-0.2, -0.15) is 0 Å². The molecule has 0 aromatic carbocycles. The number of hydrogen-bond donors (Lipinski definition) is 0. The van der Waals surface area contributed by atoms with Gasteiger partial charge in [0.15, 0.2) is 0 Å². The van der Waals surface area contributed by atoms with Gasteiger partial charge in [-0.1, -0.05) is 11.8 Å². The van der Waals surface area contributed by atoms with Crippen molar-refractivity contribution in [1.82, 2.24) is 4.98 Å². The molecule has 1 atom stereocenters. The Morgan fingerprint density at radius 2 is 2.44 bits per heavy atom. The van der Waals surface area contributed by atoms with Gasteiger partial charge in [-0.25, -0.2) is 0 Å². The highest BCUT2D eigenvalue weighted by Crippen LogP contribution is 2.16. The quantitative estimate of drug-likeness (QED) is 0.619. The van der Waals surface area contributed by atoms with Gasteiger partial charge in [0.2, 0.25) is 0 Å². The molecular formula is C14H16ClNO2. The van der Waals surface area contributed by atoms with Gasteiger partial charge in [-0.15, -0.1) is 11.6 Å². The zero-order valence-electron chi connectivity index (χ0n) is 10.2. The second-order valence-corrected chi connectivity index (χ2v) is 4.38. The number of halogens is 1. The van der Waals surface area contributed by atoms with Crippen LogP contribution >= 0.6 is 11.6 Å². The topological polar surface area (TPSA) is 31.4 Å². The molecule has 0 aliphatic carbocycles. The van der Waals surface area contributed by atoms with Crippen LogP contribution in [0.5, 0.6) is 5.75 Å². The summed E-state index contributed by atoms with van der Waals surface area (Å²) in [6, 6.07) is 1.88. The van der Waals surface area contributed by atoms with Crippen LogP contribution in [0.1, 0.15) is 24.8 Å². The van der Waals surface area contributed by atoms with E-state index in [4.69, 9.17) is 21.1 Å². The van der Waals surface area contributed by atoms with Crippen LogP contribution in [0.2, 0.25) is 0 Å². The van der Waals surface area contributed by atoms with E-state index in [-0.39, 0.29) is 0 Å². The third-order valence-electron chi connectivity index (χ3n) is 2.75. The Bertz CT molecular complexity index is 433. The van der Waals surface area contributed by atoms with Crippen LogP contribution in [0, 0.1) is 11.8 Å². The van der Waals surface area contributed by atoms with E-state index in [1.165, 1.54) is 0 Å². The average Bonchev–Trinajstić information content (AvgIpc) is 2.90. The molecule has 2 heterocycles. The second kappa shape index (κ2) is 7.25. The van der Waals surface area contributed by atoms with Gasteiger partial charge in [0, 0.05) is 24.8 Å². The van der Waals surface area contributed by atoms with E-state index in [1.807, 2.05) is 6.07 Å². The molecule has 1 unspecified atom stereocenters. The summed E-state index contributed by atoms with van der Waals surface area (Å²) in [4.78, 5) is 4.09. The fourth-order valence-electron chi connectivity index (χ4n) is 1.88. The van der Waals surface area contributed by atoms with Crippen LogP contribution in [-0.2, 0) is 4.74 Å². The highest BCUT2D eigenvalue weighted by molar-refractivity contribution is 6.19. The van der Waals surface area contributed by atoms with Gasteiger partial charge in [0.1, 0.15) is 5.75 Å². The van der Waals surface area contributed by atoms with Crippen LogP contribution in [0.15, 0.2) is 18.5 Å². The lowest BCUT2D eigenvalue weighted by Gasteiger charge is -2.10. The fourth-order valence-corrected chi connectivity index (χ4v) is 1.95. The zero-order chi connectivity index (χ0) is 12.6. The van der Waals surface area contributed by atoms with Crippen LogP contribution < -0.4 is 4.74 Å². The molecule has 2 rings (SSSR count). The molecular weight excluding hydrogens is 250 g/mol. The number of alkyl halides is 1. The Balaban J connectivity index is 1.81. The van der Waals surface area contributed by atoms with E-state index in [2.05, 4.69) is 16.8 Å². The Morgan fingerprint density at radius 1 is 1.50 bits per heavy atom. The number of ether oxygens (including phenoxy) is 2. The number of nitrogens with zero attached hydrogens (tertiary/aromatic N) is 1. The largest absolute Gasteiger partial charge is 0.492 e. The van der Waals surface area contributed by atoms with E-state index in [0.29, 0.717) is 18.6 Å². The maximum absolute atomic E-state index is 5.65. The third kappa shape index (κ3) is 4.21. The lowest BCUT2D eigenvalue weighted by molar-refractivity contribution is 0.0903. The SMILES string of the molecule is ClCC#Cc1cncc(OCCC2CCCO2)c1. The Hall–Kier alpha value is -1.24. The molecule has 1 fully saturated rings. The predicted octanol–water partition coefficient (Wildman–Crippen LogP) is 2.62. The number of hydrogen-bond acceptors (Lipinski definition) is 3. The Morgan fingerprint density at radius 3 is 3.22 bits per heavy atom. The molecule has 0 saturated carbocycles. The minimum absolute atomic E-state index is 0.324. The summed E-state index contributed by atoms with van der Waals surface area (Å²) in [6.45, 7) is 1.54. The van der Waals surface area contributed by atoms with Gasteiger partial charge in [-0.3, -0.25) is 4.98 Å². The molecule has 0 radical (unpaired) electrons. The molecule has 1 aromatic heterocycles. The van der Waals surface area contributed by atoms with Gasteiger partial charge >= 0.3 is 0 Å². The Labute approximate surface area is 112 Å². The summed E-state index contributed by atoms with van der Waals surface area (Å²) in [7, 11) is 0. The first kappa shape index (κ1) is 13.2. The highest BCUT2D eigenvalue weighted by atomic mass is 35.5. The maximum atomic E-state index is 5.65. The smallest absolute Gasteiger partial charge is 0.138 e. The van der Waals surface area contributed by atoms with Crippen molar-refractivity contribution >= 4 is 11.6 Å². The van der Waals surface area contributed by atoms with Gasteiger partial charge in [0.05, 0.1) is 24.8 Å². The maximum Gasteiger partial charge on any atom is 0.138 e. The van der Waals surface area contributed by atoms with Gasteiger partial charge in [-0.05, 0) is 18.9 Å². The molecule has 3 nitrogen and oxygen atoms in total. The molecule has 0 amide bonds. The summed E-state index contributed by atoms with van der Waals surface area (Å²) in [5.74, 6) is 6.78. The molecule has 0 N–H and O–H groups in total. The minimum Gasteiger partial charge on any atom is -0.492 e. The van der Waals surface area contributed by atoms with E-state index in [0.717, 1.165) is 37.2 Å². The lowest BCUT2D eigenvalue weighted by atomic mass is 10.2. The monoisotopic (exact) mass is 265 g/mol. The number of rotatable bonds is 4. The van der Waals surface area contributed by atoms with Gasteiger partial charge < -0.3 is 9.47 Å². The molecule has 4 heteroatoms. The van der Waals surface area contributed by atoms with E-state index < -0.39 is 0 Å². The first-order valence-electron chi connectivity index (χ1n) is 6.13. The van der Waals surface area contributed by atoms with Crippen LogP contribution in [0.3, 0.4) is 0 Å². The zero-order valence-corrected chi connectivity index (χ0v) is 10.9. The van der Waals surface area contributed by atoms with E-state index in [1.54, 1.807) is 12.4 Å². The van der Waals surface area contributed by atoms with E-state index in [9.17, 15) is 0 Å².